The molecule has 0 saturated heterocycles. The summed E-state index contributed by atoms with van der Waals surface area (Å²) in [4.78, 5) is 9.73. The van der Waals surface area contributed by atoms with E-state index < -0.39 is 0 Å². The minimum absolute atomic E-state index is 0.221. The van der Waals surface area contributed by atoms with E-state index in [4.69, 9.17) is 14.7 Å². The maximum atomic E-state index is 14.7. The van der Waals surface area contributed by atoms with Crippen LogP contribution in [-0.2, 0) is 26.4 Å². The summed E-state index contributed by atoms with van der Waals surface area (Å²) < 4.78 is 24.2. The van der Waals surface area contributed by atoms with E-state index in [0.29, 0.717) is 24.7 Å². The van der Waals surface area contributed by atoms with E-state index in [1.54, 1.807) is 6.07 Å². The number of nitrogens with zero attached hydrogens (tertiary/aromatic N) is 5. The summed E-state index contributed by atoms with van der Waals surface area (Å²) in [6.45, 7) is 2.91. The number of hydrogen-bond donors (Lipinski definition) is 1. The first-order valence-electron chi connectivity index (χ1n) is 12.1. The Bertz CT molecular complexity index is 1370. The Morgan fingerprint density at radius 3 is 2.91 bits per heavy atom. The summed E-state index contributed by atoms with van der Waals surface area (Å²) in [7, 11) is 1.94. The van der Waals surface area contributed by atoms with E-state index in [1.807, 2.05) is 29.3 Å². The van der Waals surface area contributed by atoms with Crippen molar-refractivity contribution in [2.24, 2.45) is 13.0 Å². The van der Waals surface area contributed by atoms with E-state index in [1.165, 1.54) is 31.7 Å². The third kappa shape index (κ3) is 3.71. The summed E-state index contributed by atoms with van der Waals surface area (Å²) >= 11 is 0. The molecule has 7 nitrogen and oxygen atoms in total. The van der Waals surface area contributed by atoms with Crippen LogP contribution in [0, 0.1) is 18.7 Å². The van der Waals surface area contributed by atoms with Crippen molar-refractivity contribution in [3.05, 3.63) is 58.9 Å². The van der Waals surface area contributed by atoms with Gasteiger partial charge in [0.2, 0.25) is 5.95 Å². The minimum Gasteiger partial charge on any atom is -0.493 e. The molecule has 4 aromatic rings. The van der Waals surface area contributed by atoms with Crippen LogP contribution >= 0.6 is 0 Å². The van der Waals surface area contributed by atoms with E-state index >= 15 is 0 Å². The first kappa shape index (κ1) is 21.1. The molecule has 0 amide bonds. The molecule has 0 bridgehead atoms. The Morgan fingerprint density at radius 1 is 1.26 bits per heavy atom. The number of anilines is 1. The van der Waals surface area contributed by atoms with Gasteiger partial charge in [0.15, 0.2) is 5.65 Å². The predicted molar refractivity (Wildman–Crippen MR) is 129 cm³/mol. The molecule has 3 aromatic heterocycles. The number of aryl methyl sites for hydroxylation is 3. The van der Waals surface area contributed by atoms with Crippen molar-refractivity contribution >= 4 is 11.6 Å². The van der Waals surface area contributed by atoms with Crippen LogP contribution < -0.4 is 10.1 Å². The molecule has 0 atom stereocenters. The Labute approximate surface area is 198 Å². The summed E-state index contributed by atoms with van der Waals surface area (Å²) in [5.41, 5.74) is 6.34. The van der Waals surface area contributed by atoms with Crippen LogP contribution in [0.3, 0.4) is 0 Å². The molecule has 2 aliphatic rings. The molecule has 1 fully saturated rings. The lowest BCUT2D eigenvalue weighted by Crippen LogP contribution is -2.11. The van der Waals surface area contributed by atoms with Gasteiger partial charge in [-0.05, 0) is 43.9 Å². The highest BCUT2D eigenvalue weighted by Crippen LogP contribution is 2.33. The van der Waals surface area contributed by atoms with Crippen molar-refractivity contribution in [1.82, 2.24) is 24.1 Å². The zero-order chi connectivity index (χ0) is 23.2. The summed E-state index contributed by atoms with van der Waals surface area (Å²) in [6, 6.07) is 5.25. The number of benzene rings is 1. The SMILES string of the molecule is Cc1cc(-c2cnc(NCc3c(F)ccc4c3CCO4)n3cc(CCC4CCC4)nc23)n(C)n1. The van der Waals surface area contributed by atoms with Crippen molar-refractivity contribution < 1.29 is 9.13 Å². The van der Waals surface area contributed by atoms with Crippen molar-refractivity contribution in [2.75, 3.05) is 11.9 Å². The third-order valence-electron chi connectivity index (χ3n) is 7.22. The lowest BCUT2D eigenvalue weighted by Gasteiger charge is -2.24. The second kappa shape index (κ2) is 8.42. The number of halogens is 1. The van der Waals surface area contributed by atoms with Gasteiger partial charge in [-0.3, -0.25) is 9.08 Å². The zero-order valence-corrected chi connectivity index (χ0v) is 19.6. The molecule has 0 spiro atoms. The highest BCUT2D eigenvalue weighted by molar-refractivity contribution is 5.76. The van der Waals surface area contributed by atoms with E-state index in [9.17, 15) is 4.39 Å². The molecule has 1 saturated carbocycles. The average molecular weight is 461 g/mol. The van der Waals surface area contributed by atoms with Crippen molar-refractivity contribution in [1.29, 1.82) is 0 Å². The van der Waals surface area contributed by atoms with Crippen molar-refractivity contribution in [3.63, 3.8) is 0 Å². The summed E-state index contributed by atoms with van der Waals surface area (Å²) in [5.74, 6) is 2.03. The summed E-state index contributed by atoms with van der Waals surface area (Å²) in [5, 5.41) is 7.87. The number of aromatic nitrogens is 5. The van der Waals surface area contributed by atoms with E-state index in [-0.39, 0.29) is 5.82 Å². The molecule has 1 aliphatic heterocycles. The number of nitrogens with one attached hydrogen (secondary N) is 1. The number of imidazole rings is 1. The number of ether oxygens (including phenoxy) is 1. The number of hydrogen-bond acceptors (Lipinski definition) is 5. The highest BCUT2D eigenvalue weighted by atomic mass is 19.1. The maximum absolute atomic E-state index is 14.7. The molecule has 1 N–H and O–H groups in total. The molecule has 0 unspecified atom stereocenters. The first-order chi connectivity index (χ1) is 16.6. The van der Waals surface area contributed by atoms with Crippen LogP contribution in [-0.4, -0.2) is 30.8 Å². The van der Waals surface area contributed by atoms with Gasteiger partial charge in [0.05, 0.1) is 29.3 Å². The molecule has 1 aromatic carbocycles. The fraction of sp³-hybridized carbons (Fsp3) is 0.423. The Kier molecular flexibility index (Phi) is 5.23. The first-order valence-corrected chi connectivity index (χ1v) is 12.1. The van der Waals surface area contributed by atoms with Gasteiger partial charge in [-0.2, -0.15) is 5.10 Å². The van der Waals surface area contributed by atoms with Crippen LogP contribution in [0.1, 0.15) is 48.2 Å². The quantitative estimate of drug-likeness (QED) is 0.427. The topological polar surface area (TPSA) is 69.3 Å². The lowest BCUT2D eigenvalue weighted by molar-refractivity contribution is 0.296. The Morgan fingerprint density at radius 2 is 2.15 bits per heavy atom. The predicted octanol–water partition coefficient (Wildman–Crippen LogP) is 4.86. The molecule has 6 rings (SSSR count). The zero-order valence-electron chi connectivity index (χ0n) is 19.6. The van der Waals surface area contributed by atoms with Gasteiger partial charge < -0.3 is 10.1 Å². The van der Waals surface area contributed by atoms with Crippen molar-refractivity contribution in [2.45, 2.75) is 52.0 Å². The molecule has 4 heterocycles. The van der Waals surface area contributed by atoms with Gasteiger partial charge in [0.1, 0.15) is 11.6 Å². The molecular formula is C26H29FN6O. The van der Waals surface area contributed by atoms with Crippen molar-refractivity contribution in [3.8, 4) is 17.0 Å². The van der Waals surface area contributed by atoms with Gasteiger partial charge in [0, 0.05) is 43.5 Å². The molecular weight excluding hydrogens is 431 g/mol. The van der Waals surface area contributed by atoms with E-state index in [0.717, 1.165) is 58.4 Å². The van der Waals surface area contributed by atoms with Crippen LogP contribution in [0.2, 0.25) is 0 Å². The van der Waals surface area contributed by atoms with Crippen LogP contribution in [0.25, 0.3) is 16.9 Å². The average Bonchev–Trinajstić information content (AvgIpc) is 3.50. The monoisotopic (exact) mass is 460 g/mol. The Hall–Kier alpha value is -3.42. The van der Waals surface area contributed by atoms with E-state index in [2.05, 4.69) is 22.7 Å². The smallest absolute Gasteiger partial charge is 0.208 e. The fourth-order valence-corrected chi connectivity index (χ4v) is 5.13. The van der Waals surface area contributed by atoms with Gasteiger partial charge in [-0.1, -0.05) is 19.3 Å². The van der Waals surface area contributed by atoms with Crippen LogP contribution in [0.15, 0.2) is 30.6 Å². The van der Waals surface area contributed by atoms with Gasteiger partial charge in [-0.15, -0.1) is 0 Å². The van der Waals surface area contributed by atoms with Gasteiger partial charge >= 0.3 is 0 Å². The second-order valence-electron chi connectivity index (χ2n) is 9.51. The van der Waals surface area contributed by atoms with Gasteiger partial charge in [-0.25, -0.2) is 14.4 Å². The molecule has 34 heavy (non-hydrogen) atoms. The summed E-state index contributed by atoms with van der Waals surface area (Å²) in [6.07, 6.45) is 10.8. The molecule has 0 radical (unpaired) electrons. The van der Waals surface area contributed by atoms with Gasteiger partial charge in [0.25, 0.3) is 0 Å². The highest BCUT2D eigenvalue weighted by Gasteiger charge is 2.22. The molecule has 1 aliphatic carbocycles. The van der Waals surface area contributed by atoms with Crippen LogP contribution in [0.5, 0.6) is 5.75 Å². The lowest BCUT2D eigenvalue weighted by atomic mass is 9.82. The minimum atomic E-state index is -0.221. The fourth-order valence-electron chi connectivity index (χ4n) is 5.13. The molecule has 176 valence electrons. The number of rotatable bonds is 7. The molecule has 8 heteroatoms. The normalized spacial score (nSPS) is 15.4. The Balaban J connectivity index is 1.36. The maximum Gasteiger partial charge on any atom is 0.208 e. The van der Waals surface area contributed by atoms with Crippen LogP contribution in [0.4, 0.5) is 10.3 Å². The number of fused-ring (bicyclic) bond motifs is 2. The largest absolute Gasteiger partial charge is 0.493 e. The standard InChI is InChI=1S/C26H29FN6O/c1-16-12-23(32(2)31-16)21-14-29-26(28-13-20-19-10-11-34-24(19)9-8-22(20)27)33-15-18(30-25(21)33)7-6-17-4-3-5-17/h8-9,12,14-15,17H,3-7,10-11,13H2,1-2H3,(H,28,29). The third-order valence-corrected chi connectivity index (χ3v) is 7.22. The second-order valence-corrected chi connectivity index (χ2v) is 9.51.